The lowest BCUT2D eigenvalue weighted by Crippen LogP contribution is -2.29. The van der Waals surface area contributed by atoms with Crippen LogP contribution in [0.1, 0.15) is 21.8 Å². The Morgan fingerprint density at radius 1 is 1.38 bits per heavy atom. The number of Topliss-reactive ketones (excluding diaryl/α,β-unsaturated/α-hetero) is 1. The van der Waals surface area contributed by atoms with Gasteiger partial charge in [0.15, 0.2) is 5.76 Å². The molecular weight excluding hydrogens is 340 g/mol. The van der Waals surface area contributed by atoms with Crippen LogP contribution in [0.3, 0.4) is 0 Å². The molecule has 0 saturated heterocycles. The third-order valence-electron chi connectivity index (χ3n) is 3.16. The van der Waals surface area contributed by atoms with Crippen molar-refractivity contribution < 1.29 is 18.8 Å². The second kappa shape index (κ2) is 5.42. The minimum atomic E-state index is -0.562. The van der Waals surface area contributed by atoms with Crippen LogP contribution in [0.5, 0.6) is 0 Å². The smallest absolute Gasteiger partial charge is 0.299 e. The van der Waals surface area contributed by atoms with Gasteiger partial charge >= 0.3 is 0 Å². The highest BCUT2D eigenvalue weighted by atomic mass is 79.9. The number of ketones is 1. The summed E-state index contributed by atoms with van der Waals surface area (Å²) < 4.78 is 10.6. The zero-order chi connectivity index (χ0) is 15.0. The van der Waals surface area contributed by atoms with E-state index in [0.717, 1.165) is 0 Å². The van der Waals surface area contributed by atoms with Crippen LogP contribution in [-0.4, -0.2) is 24.0 Å². The average molecular weight is 351 g/mol. The number of benzene rings is 1. The third kappa shape index (κ3) is 2.38. The number of hydrogen-bond donors (Lipinski definition) is 0. The van der Waals surface area contributed by atoms with Gasteiger partial charge in [-0.15, -0.1) is 0 Å². The van der Waals surface area contributed by atoms with Crippen LogP contribution in [0.2, 0.25) is 0 Å². The van der Waals surface area contributed by atoms with Gasteiger partial charge in [0.1, 0.15) is 12.3 Å². The molecule has 3 rings (SSSR count). The van der Waals surface area contributed by atoms with Crippen molar-refractivity contribution in [3.05, 3.63) is 45.8 Å². The number of carbonyl (C=O) groups is 2. The highest BCUT2D eigenvalue weighted by Crippen LogP contribution is 2.35. The van der Waals surface area contributed by atoms with Crippen LogP contribution < -0.4 is 4.90 Å². The van der Waals surface area contributed by atoms with Crippen LogP contribution in [0.15, 0.2) is 33.3 Å². The average Bonchev–Trinajstić information content (AvgIpc) is 2.99. The van der Waals surface area contributed by atoms with Gasteiger partial charge in [-0.25, -0.2) is 0 Å². The third-order valence-corrected chi connectivity index (χ3v) is 3.82. The zero-order valence-corrected chi connectivity index (χ0v) is 12.7. The van der Waals surface area contributed by atoms with Crippen molar-refractivity contribution in [3.63, 3.8) is 0 Å². The first-order valence-electron chi connectivity index (χ1n) is 6.20. The van der Waals surface area contributed by atoms with E-state index in [2.05, 4.69) is 21.1 Å². The number of rotatable bonds is 4. The summed E-state index contributed by atoms with van der Waals surface area (Å²) in [4.78, 5) is 25.6. The second-order valence-electron chi connectivity index (χ2n) is 4.57. The van der Waals surface area contributed by atoms with Gasteiger partial charge in [-0.2, -0.15) is 0 Å². The predicted molar refractivity (Wildman–Crippen MR) is 76.9 cm³/mol. The monoisotopic (exact) mass is 350 g/mol. The highest BCUT2D eigenvalue weighted by molar-refractivity contribution is 9.10. The number of ether oxygens (including phenoxy) is 1. The number of anilines is 1. The number of halogens is 1. The van der Waals surface area contributed by atoms with Crippen molar-refractivity contribution in [2.45, 2.75) is 13.2 Å². The number of aromatic nitrogens is 1. The first kappa shape index (κ1) is 14.0. The van der Waals surface area contributed by atoms with Crippen molar-refractivity contribution in [1.29, 1.82) is 0 Å². The van der Waals surface area contributed by atoms with Gasteiger partial charge in [0, 0.05) is 17.6 Å². The van der Waals surface area contributed by atoms with E-state index in [1.54, 1.807) is 31.4 Å². The molecule has 0 aliphatic carbocycles. The standard InChI is InChI=1S/C14H11BrN2O4/c1-20-7-9-5-8(16-21-9)6-17-11-4-2-3-10(15)12(11)13(18)14(17)19/h2-5H,6-7H2,1H3. The van der Waals surface area contributed by atoms with Crippen molar-refractivity contribution in [2.75, 3.05) is 12.0 Å². The minimum absolute atomic E-state index is 0.182. The van der Waals surface area contributed by atoms with E-state index in [-0.39, 0.29) is 6.54 Å². The molecule has 1 aromatic heterocycles. The van der Waals surface area contributed by atoms with Crippen LogP contribution in [0.4, 0.5) is 5.69 Å². The minimum Gasteiger partial charge on any atom is -0.377 e. The van der Waals surface area contributed by atoms with Gasteiger partial charge in [-0.3, -0.25) is 14.5 Å². The van der Waals surface area contributed by atoms with Gasteiger partial charge in [0.05, 0.1) is 17.8 Å². The molecule has 1 aromatic carbocycles. The fourth-order valence-corrected chi connectivity index (χ4v) is 2.80. The molecular formula is C14H11BrN2O4. The molecule has 2 aromatic rings. The van der Waals surface area contributed by atoms with E-state index in [0.29, 0.717) is 33.8 Å². The SMILES string of the molecule is COCc1cc(CN2C(=O)C(=O)c3c(Br)cccc32)no1. The highest BCUT2D eigenvalue weighted by Gasteiger charge is 2.37. The normalized spacial score (nSPS) is 13.9. The van der Waals surface area contributed by atoms with Crippen molar-refractivity contribution in [3.8, 4) is 0 Å². The predicted octanol–water partition coefficient (Wildman–Crippen LogP) is 2.31. The molecule has 0 unspecified atom stereocenters. The van der Waals surface area contributed by atoms with Crippen molar-refractivity contribution >= 4 is 33.3 Å². The first-order valence-corrected chi connectivity index (χ1v) is 6.99. The lowest BCUT2D eigenvalue weighted by atomic mass is 10.1. The molecule has 6 nitrogen and oxygen atoms in total. The van der Waals surface area contributed by atoms with Crippen LogP contribution >= 0.6 is 15.9 Å². The molecule has 108 valence electrons. The summed E-state index contributed by atoms with van der Waals surface area (Å²) in [5, 5.41) is 3.88. The van der Waals surface area contributed by atoms with Gasteiger partial charge < -0.3 is 9.26 Å². The summed E-state index contributed by atoms with van der Waals surface area (Å²) in [6.07, 6.45) is 0. The first-order chi connectivity index (χ1) is 10.1. The Hall–Kier alpha value is -1.99. The number of nitrogens with zero attached hydrogens (tertiary/aromatic N) is 2. The summed E-state index contributed by atoms with van der Waals surface area (Å²) in [7, 11) is 1.55. The Labute approximate surface area is 128 Å². The number of fused-ring (bicyclic) bond motifs is 1. The lowest BCUT2D eigenvalue weighted by molar-refractivity contribution is -0.114. The van der Waals surface area contributed by atoms with E-state index in [4.69, 9.17) is 9.26 Å². The number of methoxy groups -OCH3 is 1. The quantitative estimate of drug-likeness (QED) is 0.791. The molecule has 0 saturated carbocycles. The molecule has 0 N–H and O–H groups in total. The largest absolute Gasteiger partial charge is 0.377 e. The maximum absolute atomic E-state index is 12.1. The van der Waals surface area contributed by atoms with E-state index in [9.17, 15) is 9.59 Å². The summed E-state index contributed by atoms with van der Waals surface area (Å²) in [6, 6.07) is 6.96. The Kier molecular flexibility index (Phi) is 3.60. The topological polar surface area (TPSA) is 72.6 Å². The summed E-state index contributed by atoms with van der Waals surface area (Å²) >= 11 is 3.30. The van der Waals surface area contributed by atoms with Crippen LogP contribution in [-0.2, 0) is 22.7 Å². The van der Waals surface area contributed by atoms with E-state index in [1.165, 1.54) is 4.90 Å². The molecule has 1 amide bonds. The summed E-state index contributed by atoms with van der Waals surface area (Å²) in [5.74, 6) is -0.508. The lowest BCUT2D eigenvalue weighted by Gasteiger charge is -2.14. The van der Waals surface area contributed by atoms with Gasteiger partial charge in [-0.05, 0) is 28.1 Å². The van der Waals surface area contributed by atoms with Crippen molar-refractivity contribution in [1.82, 2.24) is 5.16 Å². The molecule has 0 radical (unpaired) electrons. The van der Waals surface area contributed by atoms with E-state index in [1.807, 2.05) is 0 Å². The molecule has 0 fully saturated rings. The fourth-order valence-electron chi connectivity index (χ4n) is 2.26. The van der Waals surface area contributed by atoms with E-state index >= 15 is 0 Å². The van der Waals surface area contributed by atoms with Gasteiger partial charge in [-0.1, -0.05) is 11.2 Å². The van der Waals surface area contributed by atoms with Crippen molar-refractivity contribution in [2.24, 2.45) is 0 Å². The van der Waals surface area contributed by atoms with Crippen LogP contribution in [0.25, 0.3) is 0 Å². The van der Waals surface area contributed by atoms with Crippen LogP contribution in [0, 0.1) is 0 Å². The zero-order valence-electron chi connectivity index (χ0n) is 11.1. The molecule has 1 aliphatic rings. The number of amides is 1. The number of hydrogen-bond acceptors (Lipinski definition) is 5. The Morgan fingerprint density at radius 3 is 2.95 bits per heavy atom. The Bertz CT molecular complexity index is 726. The molecule has 0 spiro atoms. The van der Waals surface area contributed by atoms with Gasteiger partial charge in [0.2, 0.25) is 0 Å². The summed E-state index contributed by atoms with van der Waals surface area (Å²) in [5.41, 5.74) is 1.54. The molecule has 7 heteroatoms. The fraction of sp³-hybridized carbons (Fsp3) is 0.214. The maximum atomic E-state index is 12.1. The van der Waals surface area contributed by atoms with Gasteiger partial charge in [0.25, 0.3) is 11.7 Å². The molecule has 0 atom stereocenters. The second-order valence-corrected chi connectivity index (χ2v) is 5.43. The molecule has 21 heavy (non-hydrogen) atoms. The number of carbonyl (C=O) groups excluding carboxylic acids is 2. The molecule has 0 bridgehead atoms. The Balaban J connectivity index is 1.91. The molecule has 1 aliphatic heterocycles. The maximum Gasteiger partial charge on any atom is 0.299 e. The van der Waals surface area contributed by atoms with E-state index < -0.39 is 11.7 Å². The Morgan fingerprint density at radius 2 is 2.19 bits per heavy atom. The molecule has 2 heterocycles. The summed E-state index contributed by atoms with van der Waals surface area (Å²) in [6.45, 7) is 0.489.